The third-order valence-corrected chi connectivity index (χ3v) is 3.44. The lowest BCUT2D eigenvalue weighted by Gasteiger charge is -2.21. The van der Waals surface area contributed by atoms with Crippen LogP contribution in [0.4, 0.5) is 0 Å². The lowest BCUT2D eigenvalue weighted by atomic mass is 10.1. The third kappa shape index (κ3) is 1.97. The highest BCUT2D eigenvalue weighted by molar-refractivity contribution is 5.94. The summed E-state index contributed by atoms with van der Waals surface area (Å²) in [5.41, 5.74) is 3.61. The Kier molecular flexibility index (Phi) is 2.99. The van der Waals surface area contributed by atoms with Crippen LogP contribution in [0.2, 0.25) is 0 Å². The minimum Gasteiger partial charge on any atom is -0.339 e. The largest absolute Gasteiger partial charge is 0.339 e. The molecule has 0 spiro atoms. The van der Waals surface area contributed by atoms with Crippen LogP contribution < -0.4 is 0 Å². The van der Waals surface area contributed by atoms with Crippen molar-refractivity contribution in [1.29, 1.82) is 0 Å². The number of nitrogens with zero attached hydrogens (tertiary/aromatic N) is 1. The van der Waals surface area contributed by atoms with E-state index >= 15 is 0 Å². The molecule has 0 aliphatic heterocycles. The summed E-state index contributed by atoms with van der Waals surface area (Å²) in [4.78, 5) is 13.9. The van der Waals surface area contributed by atoms with E-state index in [-0.39, 0.29) is 11.9 Å². The summed E-state index contributed by atoms with van der Waals surface area (Å²) in [5, 5.41) is 0. The molecule has 1 aliphatic rings. The first-order chi connectivity index (χ1) is 7.59. The minimum atomic E-state index is 0.129. The first-order valence-corrected chi connectivity index (χ1v) is 5.98. The molecule has 1 amide bonds. The van der Waals surface area contributed by atoms with Gasteiger partial charge in [-0.25, -0.2) is 0 Å². The van der Waals surface area contributed by atoms with Crippen molar-refractivity contribution in [3.05, 3.63) is 34.9 Å². The quantitative estimate of drug-likeness (QED) is 0.745. The van der Waals surface area contributed by atoms with Crippen molar-refractivity contribution in [3.8, 4) is 0 Å². The predicted octanol–water partition coefficient (Wildman–Crippen LogP) is 2.66. The zero-order chi connectivity index (χ0) is 11.7. The molecule has 0 atom stereocenters. The maximum Gasteiger partial charge on any atom is 0.253 e. The zero-order valence-electron chi connectivity index (χ0n) is 10.3. The van der Waals surface area contributed by atoms with E-state index in [9.17, 15) is 4.79 Å². The molecule has 0 fully saturated rings. The number of amides is 1. The van der Waals surface area contributed by atoms with Crippen LogP contribution in [-0.2, 0) is 12.8 Å². The Morgan fingerprint density at radius 1 is 1.25 bits per heavy atom. The molecule has 0 unspecified atom stereocenters. The lowest BCUT2D eigenvalue weighted by molar-refractivity contribution is 0.0755. The molecule has 2 nitrogen and oxygen atoms in total. The van der Waals surface area contributed by atoms with E-state index in [1.807, 2.05) is 27.0 Å². The van der Waals surface area contributed by atoms with Gasteiger partial charge in [0.2, 0.25) is 0 Å². The highest BCUT2D eigenvalue weighted by atomic mass is 16.2. The Labute approximate surface area is 97.3 Å². The molecule has 0 saturated carbocycles. The molecule has 1 aliphatic carbocycles. The molecule has 0 bridgehead atoms. The van der Waals surface area contributed by atoms with E-state index in [0.717, 1.165) is 12.0 Å². The molecule has 0 saturated heterocycles. The van der Waals surface area contributed by atoms with Crippen LogP contribution in [0, 0.1) is 0 Å². The fraction of sp³-hybridized carbons (Fsp3) is 0.500. The molecule has 2 heteroatoms. The van der Waals surface area contributed by atoms with Gasteiger partial charge in [0, 0.05) is 18.7 Å². The van der Waals surface area contributed by atoms with Crippen molar-refractivity contribution in [1.82, 2.24) is 4.90 Å². The van der Waals surface area contributed by atoms with E-state index < -0.39 is 0 Å². The van der Waals surface area contributed by atoms with Crippen LogP contribution in [0.1, 0.15) is 41.8 Å². The molecule has 2 rings (SSSR count). The van der Waals surface area contributed by atoms with E-state index in [2.05, 4.69) is 12.1 Å². The summed E-state index contributed by atoms with van der Waals surface area (Å²) < 4.78 is 0. The summed E-state index contributed by atoms with van der Waals surface area (Å²) >= 11 is 0. The van der Waals surface area contributed by atoms with Crippen molar-refractivity contribution in [2.45, 2.75) is 39.2 Å². The summed E-state index contributed by atoms with van der Waals surface area (Å²) in [6, 6.07) is 6.40. The fourth-order valence-electron chi connectivity index (χ4n) is 2.14. The molecule has 16 heavy (non-hydrogen) atoms. The van der Waals surface area contributed by atoms with Gasteiger partial charge in [0.1, 0.15) is 0 Å². The first-order valence-electron chi connectivity index (χ1n) is 5.98. The second kappa shape index (κ2) is 4.28. The molecule has 86 valence electrons. The van der Waals surface area contributed by atoms with Crippen LogP contribution in [-0.4, -0.2) is 23.9 Å². The maximum atomic E-state index is 12.1. The second-order valence-electron chi connectivity index (χ2n) is 4.85. The van der Waals surface area contributed by atoms with E-state index in [1.165, 1.54) is 24.0 Å². The van der Waals surface area contributed by atoms with E-state index in [4.69, 9.17) is 0 Å². The van der Waals surface area contributed by atoms with Gasteiger partial charge in [-0.2, -0.15) is 0 Å². The highest BCUT2D eigenvalue weighted by Crippen LogP contribution is 2.23. The fourth-order valence-corrected chi connectivity index (χ4v) is 2.14. The third-order valence-electron chi connectivity index (χ3n) is 3.44. The Hall–Kier alpha value is -1.31. The van der Waals surface area contributed by atoms with Gasteiger partial charge in [0.15, 0.2) is 0 Å². The van der Waals surface area contributed by atoms with Gasteiger partial charge in [0.05, 0.1) is 0 Å². The van der Waals surface area contributed by atoms with Crippen molar-refractivity contribution >= 4 is 5.91 Å². The van der Waals surface area contributed by atoms with Crippen molar-refractivity contribution in [2.24, 2.45) is 0 Å². The van der Waals surface area contributed by atoms with Gasteiger partial charge in [-0.05, 0) is 56.4 Å². The smallest absolute Gasteiger partial charge is 0.253 e. The molecule has 0 N–H and O–H groups in total. The van der Waals surface area contributed by atoms with E-state index in [0.29, 0.717) is 0 Å². The van der Waals surface area contributed by atoms with Gasteiger partial charge >= 0.3 is 0 Å². The summed E-state index contributed by atoms with van der Waals surface area (Å²) in [7, 11) is 1.86. The highest BCUT2D eigenvalue weighted by Gasteiger charge is 2.17. The lowest BCUT2D eigenvalue weighted by Crippen LogP contribution is -2.33. The van der Waals surface area contributed by atoms with Crippen LogP contribution >= 0.6 is 0 Å². The van der Waals surface area contributed by atoms with Gasteiger partial charge in [-0.1, -0.05) is 6.07 Å². The topological polar surface area (TPSA) is 20.3 Å². The summed E-state index contributed by atoms with van der Waals surface area (Å²) in [6.07, 6.45) is 3.53. The summed E-state index contributed by atoms with van der Waals surface area (Å²) in [5.74, 6) is 0.129. The monoisotopic (exact) mass is 217 g/mol. The van der Waals surface area contributed by atoms with Crippen molar-refractivity contribution in [2.75, 3.05) is 7.05 Å². The Bertz CT molecular complexity index is 409. The SMILES string of the molecule is CC(C)N(C)C(=O)c1ccc2c(c1)CCC2. The van der Waals surface area contributed by atoms with Gasteiger partial charge in [-0.3, -0.25) is 4.79 Å². The van der Waals surface area contributed by atoms with Crippen LogP contribution in [0.3, 0.4) is 0 Å². The predicted molar refractivity (Wildman–Crippen MR) is 65.7 cm³/mol. The number of carbonyl (C=O) groups is 1. The number of aryl methyl sites for hydroxylation is 2. The van der Waals surface area contributed by atoms with Crippen LogP contribution in [0.5, 0.6) is 0 Å². The van der Waals surface area contributed by atoms with Crippen molar-refractivity contribution in [3.63, 3.8) is 0 Å². The number of benzene rings is 1. The van der Waals surface area contributed by atoms with Gasteiger partial charge < -0.3 is 4.90 Å². The van der Waals surface area contributed by atoms with Crippen LogP contribution in [0.25, 0.3) is 0 Å². The number of hydrogen-bond acceptors (Lipinski definition) is 1. The average molecular weight is 217 g/mol. The molecule has 1 aromatic rings. The summed E-state index contributed by atoms with van der Waals surface area (Å²) in [6.45, 7) is 4.07. The minimum absolute atomic E-state index is 0.129. The Morgan fingerprint density at radius 3 is 2.62 bits per heavy atom. The van der Waals surface area contributed by atoms with E-state index in [1.54, 1.807) is 4.90 Å². The molecule has 0 aromatic heterocycles. The number of rotatable bonds is 2. The molecule has 0 heterocycles. The second-order valence-corrected chi connectivity index (χ2v) is 4.85. The molecule has 0 radical (unpaired) electrons. The number of fused-ring (bicyclic) bond motifs is 1. The normalized spacial score (nSPS) is 14.0. The van der Waals surface area contributed by atoms with Crippen LogP contribution in [0.15, 0.2) is 18.2 Å². The van der Waals surface area contributed by atoms with Crippen molar-refractivity contribution < 1.29 is 4.79 Å². The molecular weight excluding hydrogens is 198 g/mol. The Balaban J connectivity index is 2.25. The number of carbonyl (C=O) groups excluding carboxylic acids is 1. The molecule has 1 aromatic carbocycles. The first kappa shape index (κ1) is 11.2. The molecular formula is C14H19NO. The van der Waals surface area contributed by atoms with Gasteiger partial charge in [-0.15, -0.1) is 0 Å². The maximum absolute atomic E-state index is 12.1. The van der Waals surface area contributed by atoms with Gasteiger partial charge in [0.25, 0.3) is 5.91 Å². The standard InChI is InChI=1S/C14H19NO/c1-10(2)15(3)14(16)13-8-7-11-5-4-6-12(11)9-13/h7-10H,4-6H2,1-3H3. The zero-order valence-corrected chi connectivity index (χ0v) is 10.3. The average Bonchev–Trinajstić information content (AvgIpc) is 2.73. The number of hydrogen-bond donors (Lipinski definition) is 0. The Morgan fingerprint density at radius 2 is 1.94 bits per heavy atom.